The molecule has 0 bridgehead atoms. The molecule has 28 heavy (non-hydrogen) atoms. The van der Waals surface area contributed by atoms with E-state index in [0.717, 1.165) is 13.2 Å². The van der Waals surface area contributed by atoms with E-state index in [1.165, 1.54) is 0 Å². The smallest absolute Gasteiger partial charge is 0.490 e. The molecule has 0 unspecified atom stereocenters. The molecule has 152 valence electrons. The summed E-state index contributed by atoms with van der Waals surface area (Å²) >= 11 is 0. The van der Waals surface area contributed by atoms with E-state index in [1.807, 2.05) is 0 Å². The van der Waals surface area contributed by atoms with Crippen LogP contribution in [0.5, 0.6) is 23.0 Å². The van der Waals surface area contributed by atoms with Gasteiger partial charge in [0.05, 0.1) is 12.7 Å². The first kappa shape index (κ1) is 21.1. The first-order valence-electron chi connectivity index (χ1n) is 7.10. The second kappa shape index (κ2) is 7.82. The molecule has 0 aliphatic carbocycles. The van der Waals surface area contributed by atoms with Gasteiger partial charge in [0.25, 0.3) is 6.43 Å². The van der Waals surface area contributed by atoms with E-state index >= 15 is 0 Å². The van der Waals surface area contributed by atoms with Gasteiger partial charge >= 0.3 is 12.3 Å². The van der Waals surface area contributed by atoms with Gasteiger partial charge in [-0.05, 0) is 24.3 Å². The molecular weight excluding hydrogens is 405 g/mol. The minimum Gasteiger partial charge on any atom is -0.490 e. The van der Waals surface area contributed by atoms with Crippen LogP contribution in [0.1, 0.15) is 22.3 Å². The van der Waals surface area contributed by atoms with Crippen molar-refractivity contribution in [3.05, 3.63) is 47.0 Å². The number of carboxylic acids is 1. The third-order valence-electron chi connectivity index (χ3n) is 3.26. The lowest BCUT2D eigenvalue weighted by atomic mass is 10.1. The number of hydrogen-bond donors (Lipinski definition) is 1. The maximum atomic E-state index is 14.2. The van der Waals surface area contributed by atoms with Crippen LogP contribution in [0, 0.1) is 11.6 Å². The van der Waals surface area contributed by atoms with Gasteiger partial charge in [0.15, 0.2) is 11.5 Å². The summed E-state index contributed by atoms with van der Waals surface area (Å²) in [5, 5.41) is 9.07. The van der Waals surface area contributed by atoms with Gasteiger partial charge in [-0.2, -0.15) is 4.39 Å². The Kier molecular flexibility index (Phi) is 5.90. The van der Waals surface area contributed by atoms with Gasteiger partial charge in [0.1, 0.15) is 17.1 Å². The zero-order chi connectivity index (χ0) is 21.2. The van der Waals surface area contributed by atoms with Gasteiger partial charge in [0, 0.05) is 0 Å². The molecule has 2 aromatic carbocycles. The molecular formula is C16H9F7O5. The number of aromatic carboxylic acids is 1. The second-order valence-corrected chi connectivity index (χ2v) is 5.01. The number of methoxy groups -OCH3 is 1. The summed E-state index contributed by atoms with van der Waals surface area (Å²) < 4.78 is 104. The van der Waals surface area contributed by atoms with Crippen molar-refractivity contribution < 1.29 is 54.8 Å². The van der Waals surface area contributed by atoms with Gasteiger partial charge in [-0.25, -0.2) is 18.0 Å². The minimum absolute atomic E-state index is 0.505. The van der Waals surface area contributed by atoms with Crippen LogP contribution in [0.4, 0.5) is 30.7 Å². The van der Waals surface area contributed by atoms with Crippen LogP contribution in [0.15, 0.2) is 24.3 Å². The third kappa shape index (κ3) is 4.38. The quantitative estimate of drug-likeness (QED) is 0.650. The van der Waals surface area contributed by atoms with Gasteiger partial charge in [-0.15, -0.1) is 13.2 Å². The molecule has 0 aliphatic rings. The number of carbonyl (C=O) groups is 1. The number of benzene rings is 2. The average Bonchev–Trinajstić information content (AvgIpc) is 2.56. The molecule has 0 aromatic heterocycles. The fourth-order valence-corrected chi connectivity index (χ4v) is 2.14. The first-order valence-corrected chi connectivity index (χ1v) is 7.10. The van der Waals surface area contributed by atoms with Crippen molar-refractivity contribution in [2.24, 2.45) is 0 Å². The monoisotopic (exact) mass is 414 g/mol. The highest BCUT2D eigenvalue weighted by Crippen LogP contribution is 2.41. The van der Waals surface area contributed by atoms with E-state index in [-0.39, 0.29) is 0 Å². The lowest BCUT2D eigenvalue weighted by Gasteiger charge is -2.16. The number of alkyl halides is 5. The highest BCUT2D eigenvalue weighted by Gasteiger charge is 2.34. The van der Waals surface area contributed by atoms with Crippen LogP contribution in [-0.2, 0) is 0 Å². The van der Waals surface area contributed by atoms with E-state index in [1.54, 1.807) is 0 Å². The number of rotatable bonds is 6. The molecule has 0 radical (unpaired) electrons. The van der Waals surface area contributed by atoms with Crippen LogP contribution < -0.4 is 14.2 Å². The minimum atomic E-state index is -5.21. The molecule has 12 heteroatoms. The predicted molar refractivity (Wildman–Crippen MR) is 78.0 cm³/mol. The number of halogens is 7. The van der Waals surface area contributed by atoms with Gasteiger partial charge < -0.3 is 19.3 Å². The van der Waals surface area contributed by atoms with E-state index < -0.39 is 64.5 Å². The summed E-state index contributed by atoms with van der Waals surface area (Å²) in [6, 6.07) is 2.47. The maximum Gasteiger partial charge on any atom is 0.573 e. The highest BCUT2D eigenvalue weighted by molar-refractivity contribution is 5.91. The van der Waals surface area contributed by atoms with Crippen molar-refractivity contribution in [3.8, 4) is 23.0 Å². The summed E-state index contributed by atoms with van der Waals surface area (Å²) in [6.45, 7) is 0. The Balaban J connectivity index is 2.53. The fraction of sp³-hybridized carbons (Fsp3) is 0.188. The maximum absolute atomic E-state index is 14.2. The first-order chi connectivity index (χ1) is 13.0. The highest BCUT2D eigenvalue weighted by atomic mass is 19.4. The fourth-order valence-electron chi connectivity index (χ4n) is 2.14. The third-order valence-corrected chi connectivity index (χ3v) is 3.26. The SMILES string of the molecule is COc1c(Oc2ccc(C(F)F)c(F)c2C(=O)O)ccc(OC(F)(F)F)c1F. The van der Waals surface area contributed by atoms with Gasteiger partial charge in [0.2, 0.25) is 11.6 Å². The molecule has 2 aromatic rings. The van der Waals surface area contributed by atoms with Crippen LogP contribution in [0.2, 0.25) is 0 Å². The van der Waals surface area contributed by atoms with Gasteiger partial charge in [-0.3, -0.25) is 0 Å². The van der Waals surface area contributed by atoms with Crippen LogP contribution in [0.3, 0.4) is 0 Å². The summed E-state index contributed by atoms with van der Waals surface area (Å²) in [4.78, 5) is 11.2. The normalized spacial score (nSPS) is 11.5. The summed E-state index contributed by atoms with van der Waals surface area (Å²) in [7, 11) is 0.862. The Morgan fingerprint density at radius 2 is 1.57 bits per heavy atom. The topological polar surface area (TPSA) is 65.0 Å². The molecule has 0 saturated heterocycles. The molecule has 5 nitrogen and oxygen atoms in total. The van der Waals surface area contributed by atoms with E-state index in [0.29, 0.717) is 18.2 Å². The number of carboxylic acid groups (broad SMARTS) is 1. The van der Waals surface area contributed by atoms with Crippen LogP contribution in [-0.4, -0.2) is 24.5 Å². The molecule has 0 spiro atoms. The zero-order valence-electron chi connectivity index (χ0n) is 13.6. The van der Waals surface area contributed by atoms with Crippen molar-refractivity contribution in [2.75, 3.05) is 7.11 Å². The molecule has 0 amide bonds. The lowest BCUT2D eigenvalue weighted by Crippen LogP contribution is -2.18. The van der Waals surface area contributed by atoms with Crippen molar-refractivity contribution in [3.63, 3.8) is 0 Å². The Labute approximate surface area is 151 Å². The molecule has 0 fully saturated rings. The molecule has 0 saturated carbocycles. The van der Waals surface area contributed by atoms with Crippen molar-refractivity contribution >= 4 is 5.97 Å². The summed E-state index contributed by atoms with van der Waals surface area (Å²) in [5.74, 6) is -9.04. The molecule has 0 aliphatic heterocycles. The lowest BCUT2D eigenvalue weighted by molar-refractivity contribution is -0.275. The number of ether oxygens (including phenoxy) is 3. The molecule has 0 heterocycles. The Morgan fingerprint density at radius 1 is 1.00 bits per heavy atom. The van der Waals surface area contributed by atoms with Gasteiger partial charge in [-0.1, -0.05) is 0 Å². The van der Waals surface area contributed by atoms with Crippen molar-refractivity contribution in [1.29, 1.82) is 0 Å². The van der Waals surface area contributed by atoms with Crippen LogP contribution in [0.25, 0.3) is 0 Å². The second-order valence-electron chi connectivity index (χ2n) is 5.01. The van der Waals surface area contributed by atoms with Crippen molar-refractivity contribution in [1.82, 2.24) is 0 Å². The molecule has 2 rings (SSSR count). The zero-order valence-corrected chi connectivity index (χ0v) is 13.6. The largest absolute Gasteiger partial charge is 0.573 e. The predicted octanol–water partition coefficient (Wildman–Crippen LogP) is 5.30. The molecule has 0 atom stereocenters. The van der Waals surface area contributed by atoms with Crippen LogP contribution >= 0.6 is 0 Å². The summed E-state index contributed by atoms with van der Waals surface area (Å²) in [6.07, 6.45) is -8.53. The standard InChI is InChI=1S/C16H9F7O5/c1-26-13-9(5-4-8(12(13)18)28-16(21,22)23)27-7-3-2-6(14(19)20)11(17)10(7)15(24)25/h2-5,14H,1H3,(H,24,25). The van der Waals surface area contributed by atoms with Crippen molar-refractivity contribution in [2.45, 2.75) is 12.8 Å². The average molecular weight is 414 g/mol. The summed E-state index contributed by atoms with van der Waals surface area (Å²) in [5.41, 5.74) is -2.49. The van der Waals surface area contributed by atoms with E-state index in [9.17, 15) is 35.5 Å². The Bertz CT molecular complexity index is 896. The Hall–Kier alpha value is -3.18. The Morgan fingerprint density at radius 3 is 2.07 bits per heavy atom. The molecule has 1 N–H and O–H groups in total. The van der Waals surface area contributed by atoms with E-state index in [4.69, 9.17) is 9.84 Å². The number of hydrogen-bond acceptors (Lipinski definition) is 4. The van der Waals surface area contributed by atoms with E-state index in [2.05, 4.69) is 9.47 Å².